The fourth-order valence-electron chi connectivity index (χ4n) is 3.01. The smallest absolute Gasteiger partial charge is 0.258 e. The molecule has 1 atom stereocenters. The topological polar surface area (TPSA) is 57.7 Å². The van der Waals surface area contributed by atoms with Gasteiger partial charge in [0.25, 0.3) is 5.90 Å². The highest BCUT2D eigenvalue weighted by Gasteiger charge is 2.34. The van der Waals surface area contributed by atoms with Crippen molar-refractivity contribution in [2.75, 3.05) is 0 Å². The first-order valence-corrected chi connectivity index (χ1v) is 8.72. The lowest BCUT2D eigenvalue weighted by Crippen LogP contribution is -2.25. The molecule has 1 aromatic heterocycles. The number of benzene rings is 2. The van der Waals surface area contributed by atoms with E-state index in [4.69, 9.17) is 4.74 Å². The number of hydrazone groups is 1. The third kappa shape index (κ3) is 2.72. The number of aryl methyl sites for hydroxylation is 1. The summed E-state index contributed by atoms with van der Waals surface area (Å²) < 4.78 is 7.07. The molecule has 1 aliphatic heterocycles. The van der Waals surface area contributed by atoms with Crippen molar-refractivity contribution >= 4 is 38.6 Å². The molecule has 6 heteroatoms. The molecule has 1 amide bonds. The monoisotopic (exact) mass is 397 g/mol. The van der Waals surface area contributed by atoms with Crippen LogP contribution in [0.5, 0.6) is 0 Å². The van der Waals surface area contributed by atoms with Gasteiger partial charge in [-0.2, -0.15) is 5.01 Å². The van der Waals surface area contributed by atoms with Crippen molar-refractivity contribution in [3.8, 4) is 0 Å². The molecule has 5 nitrogen and oxygen atoms in total. The van der Waals surface area contributed by atoms with Crippen molar-refractivity contribution < 1.29 is 9.53 Å². The van der Waals surface area contributed by atoms with Gasteiger partial charge < -0.3 is 9.72 Å². The lowest BCUT2D eigenvalue weighted by atomic mass is 10.1. The first-order valence-electron chi connectivity index (χ1n) is 7.93. The summed E-state index contributed by atoms with van der Waals surface area (Å²) in [4.78, 5) is 15.4. The van der Waals surface area contributed by atoms with E-state index in [2.05, 4.69) is 32.1 Å². The number of hydrogen-bond donors (Lipinski definition) is 1. The number of aromatic nitrogens is 1. The van der Waals surface area contributed by atoms with Gasteiger partial charge in [-0.25, -0.2) is 0 Å². The van der Waals surface area contributed by atoms with Gasteiger partial charge in [0.05, 0.1) is 0 Å². The van der Waals surface area contributed by atoms with Crippen LogP contribution in [0.15, 0.2) is 58.1 Å². The van der Waals surface area contributed by atoms with Crippen molar-refractivity contribution in [3.05, 3.63) is 69.8 Å². The number of nitrogens with zero attached hydrogens (tertiary/aromatic N) is 2. The van der Waals surface area contributed by atoms with Gasteiger partial charge in [0.2, 0.25) is 12.1 Å². The van der Waals surface area contributed by atoms with Crippen molar-refractivity contribution in [2.45, 2.75) is 20.1 Å². The average molecular weight is 398 g/mol. The van der Waals surface area contributed by atoms with Crippen molar-refractivity contribution in [1.29, 1.82) is 0 Å². The van der Waals surface area contributed by atoms with Crippen LogP contribution in [-0.4, -0.2) is 21.8 Å². The van der Waals surface area contributed by atoms with Crippen LogP contribution >= 0.6 is 15.9 Å². The Kier molecular flexibility index (Phi) is 3.84. The van der Waals surface area contributed by atoms with Crippen LogP contribution in [0.1, 0.15) is 30.0 Å². The van der Waals surface area contributed by atoms with Gasteiger partial charge in [0.15, 0.2) is 0 Å². The second kappa shape index (κ2) is 6.04. The second-order valence-electron chi connectivity index (χ2n) is 5.96. The number of amides is 1. The van der Waals surface area contributed by atoms with Crippen LogP contribution in [0.25, 0.3) is 10.9 Å². The highest BCUT2D eigenvalue weighted by molar-refractivity contribution is 9.10. The molecule has 25 heavy (non-hydrogen) atoms. The fourth-order valence-corrected chi connectivity index (χ4v) is 3.37. The number of rotatable bonds is 2. The molecular weight excluding hydrogens is 382 g/mol. The molecule has 4 rings (SSSR count). The average Bonchev–Trinajstić information content (AvgIpc) is 3.18. The number of ether oxygens (including phenoxy) is 1. The van der Waals surface area contributed by atoms with Crippen LogP contribution in [-0.2, 0) is 9.53 Å². The first-order chi connectivity index (χ1) is 12.0. The summed E-state index contributed by atoms with van der Waals surface area (Å²) in [6, 6.07) is 15.6. The molecule has 2 aromatic carbocycles. The maximum absolute atomic E-state index is 12.0. The summed E-state index contributed by atoms with van der Waals surface area (Å²) in [6.07, 6.45) is -0.550. The minimum Gasteiger partial charge on any atom is -0.445 e. The molecule has 0 saturated heterocycles. The molecule has 1 aliphatic rings. The van der Waals surface area contributed by atoms with Gasteiger partial charge in [0, 0.05) is 27.9 Å². The number of carbonyl (C=O) groups is 1. The Labute approximate surface area is 153 Å². The van der Waals surface area contributed by atoms with E-state index in [9.17, 15) is 4.79 Å². The lowest BCUT2D eigenvalue weighted by Gasteiger charge is -2.19. The molecule has 0 radical (unpaired) electrons. The number of carbonyl (C=O) groups excluding carboxylic acids is 1. The van der Waals surface area contributed by atoms with Gasteiger partial charge in [0.1, 0.15) is 5.69 Å². The van der Waals surface area contributed by atoms with Gasteiger partial charge in [-0.1, -0.05) is 46.3 Å². The van der Waals surface area contributed by atoms with E-state index < -0.39 is 6.23 Å². The molecule has 0 spiro atoms. The predicted molar refractivity (Wildman–Crippen MR) is 100 cm³/mol. The minimum absolute atomic E-state index is 0.166. The molecule has 0 saturated carbocycles. The maximum atomic E-state index is 12.0. The van der Waals surface area contributed by atoms with E-state index in [0.29, 0.717) is 5.90 Å². The SMILES string of the molecule is CC(=O)N1N=C(c2[nH]c3ccc(Br)cc3c2C)O[C@@H]1c1ccccc1. The number of nitrogens with one attached hydrogen (secondary N) is 1. The van der Waals surface area contributed by atoms with Crippen LogP contribution in [0.2, 0.25) is 0 Å². The van der Waals surface area contributed by atoms with Crippen molar-refractivity contribution in [3.63, 3.8) is 0 Å². The molecule has 3 aromatic rings. The van der Waals surface area contributed by atoms with Crippen molar-refractivity contribution in [1.82, 2.24) is 9.99 Å². The van der Waals surface area contributed by atoms with E-state index in [1.54, 1.807) is 0 Å². The summed E-state index contributed by atoms with van der Waals surface area (Å²) in [5.74, 6) is 0.259. The van der Waals surface area contributed by atoms with Crippen LogP contribution in [0.4, 0.5) is 0 Å². The zero-order chi connectivity index (χ0) is 17.6. The predicted octanol–water partition coefficient (Wildman–Crippen LogP) is 4.48. The molecule has 0 bridgehead atoms. The summed E-state index contributed by atoms with van der Waals surface area (Å²) in [7, 11) is 0. The molecular formula is C19H16BrN3O2. The standard InChI is InChI=1S/C19H16BrN3O2/c1-11-15-10-14(20)8-9-16(15)21-17(11)18-22-23(12(2)24)19(25-18)13-6-4-3-5-7-13/h3-10,19,21H,1-2H3/t19-/m1/s1. The number of fused-ring (bicyclic) bond motifs is 1. The van der Waals surface area contributed by atoms with E-state index in [1.165, 1.54) is 11.9 Å². The Morgan fingerprint density at radius 1 is 1.24 bits per heavy atom. The van der Waals surface area contributed by atoms with E-state index in [-0.39, 0.29) is 5.91 Å². The maximum Gasteiger partial charge on any atom is 0.258 e. The zero-order valence-electron chi connectivity index (χ0n) is 13.8. The molecule has 0 fully saturated rings. The van der Waals surface area contributed by atoms with E-state index in [0.717, 1.165) is 32.2 Å². The first kappa shape index (κ1) is 15.9. The molecule has 1 N–H and O–H groups in total. The second-order valence-corrected chi connectivity index (χ2v) is 6.88. The highest BCUT2D eigenvalue weighted by Crippen LogP contribution is 2.33. The Hall–Kier alpha value is -2.60. The summed E-state index contributed by atoms with van der Waals surface area (Å²) in [5.41, 5.74) is 3.71. The normalized spacial score (nSPS) is 16.8. The lowest BCUT2D eigenvalue weighted by molar-refractivity contribution is -0.135. The summed E-state index contributed by atoms with van der Waals surface area (Å²) >= 11 is 3.50. The Bertz CT molecular complexity index is 995. The molecule has 2 heterocycles. The van der Waals surface area contributed by atoms with Gasteiger partial charge >= 0.3 is 0 Å². The number of hydrogen-bond acceptors (Lipinski definition) is 3. The number of halogens is 1. The summed E-state index contributed by atoms with van der Waals surface area (Å²) in [5, 5.41) is 6.90. The fraction of sp³-hybridized carbons (Fsp3) is 0.158. The molecule has 126 valence electrons. The zero-order valence-corrected chi connectivity index (χ0v) is 15.4. The summed E-state index contributed by atoms with van der Waals surface area (Å²) in [6.45, 7) is 3.50. The highest BCUT2D eigenvalue weighted by atomic mass is 79.9. The minimum atomic E-state index is -0.550. The van der Waals surface area contributed by atoms with Gasteiger partial charge in [-0.05, 0) is 30.7 Å². The van der Waals surface area contributed by atoms with E-state index >= 15 is 0 Å². The van der Waals surface area contributed by atoms with Crippen LogP contribution in [0.3, 0.4) is 0 Å². The Balaban J connectivity index is 1.77. The van der Waals surface area contributed by atoms with E-state index in [1.807, 2.05) is 49.4 Å². The third-order valence-electron chi connectivity index (χ3n) is 4.29. The van der Waals surface area contributed by atoms with Crippen LogP contribution < -0.4 is 0 Å². The Morgan fingerprint density at radius 3 is 2.72 bits per heavy atom. The van der Waals surface area contributed by atoms with Gasteiger partial charge in [-0.3, -0.25) is 4.79 Å². The largest absolute Gasteiger partial charge is 0.445 e. The van der Waals surface area contributed by atoms with Crippen LogP contribution in [0, 0.1) is 6.92 Å². The quantitative estimate of drug-likeness (QED) is 0.692. The number of H-pyrrole nitrogens is 1. The van der Waals surface area contributed by atoms with Crippen molar-refractivity contribution in [2.24, 2.45) is 5.10 Å². The van der Waals surface area contributed by atoms with Gasteiger partial charge in [-0.15, -0.1) is 5.10 Å². The molecule has 0 unspecified atom stereocenters. The number of aromatic amines is 1. The molecule has 0 aliphatic carbocycles. The Morgan fingerprint density at radius 2 is 2.00 bits per heavy atom. The third-order valence-corrected chi connectivity index (χ3v) is 4.78.